The van der Waals surface area contributed by atoms with Gasteiger partial charge in [-0.2, -0.15) is 0 Å². The minimum absolute atomic E-state index is 0.0195. The third-order valence-corrected chi connectivity index (χ3v) is 2.29. The van der Waals surface area contributed by atoms with Gasteiger partial charge in [0.05, 0.1) is 34.0 Å². The summed E-state index contributed by atoms with van der Waals surface area (Å²) < 4.78 is 20.7. The fourth-order valence-corrected chi connectivity index (χ4v) is 1.44. The zero-order valence-electron chi connectivity index (χ0n) is 11.0. The quantitative estimate of drug-likeness (QED) is 0.569. The van der Waals surface area contributed by atoms with Crippen LogP contribution >= 0.6 is 0 Å². The van der Waals surface area contributed by atoms with Crippen molar-refractivity contribution < 1.29 is 24.1 Å². The van der Waals surface area contributed by atoms with Crippen LogP contribution in [0.15, 0.2) is 12.1 Å². The average Bonchev–Trinajstić information content (AvgIpc) is 2.45. The molecule has 0 heterocycles. The zero-order chi connectivity index (χ0) is 14.1. The van der Waals surface area contributed by atoms with E-state index in [2.05, 4.69) is 4.98 Å². The van der Waals surface area contributed by atoms with E-state index < -0.39 is 0 Å². The first kappa shape index (κ1) is 15.0. The highest BCUT2D eigenvalue weighted by Crippen LogP contribution is 2.41. The summed E-state index contributed by atoms with van der Waals surface area (Å²) in [6, 6.07) is 3.17. The predicted molar refractivity (Wildman–Crippen MR) is 67.7 cm³/mol. The number of nitrogens with zero attached hydrogens (tertiary/aromatic N) is 2. The first-order valence-corrected chi connectivity index (χ1v) is 5.69. The highest BCUT2D eigenvalue weighted by Gasteiger charge is 2.24. The Balaban J connectivity index is 2.71. The molecule has 7 nitrogen and oxygen atoms in total. The lowest BCUT2D eigenvalue weighted by Gasteiger charge is -2.08. The molecule has 0 spiro atoms. The average molecular weight is 269 g/mol. The lowest BCUT2D eigenvalue weighted by molar-refractivity contribution is 0.0704. The highest BCUT2D eigenvalue weighted by atomic mass is 16.5. The second-order valence-electron chi connectivity index (χ2n) is 3.46. The summed E-state index contributed by atoms with van der Waals surface area (Å²) in [7, 11) is 2.91. The van der Waals surface area contributed by atoms with Crippen LogP contribution in [-0.2, 0) is 4.74 Å². The molecule has 1 N–H and O–H groups in total. The van der Waals surface area contributed by atoms with E-state index in [1.165, 1.54) is 14.2 Å². The van der Waals surface area contributed by atoms with Gasteiger partial charge in [-0.15, -0.1) is 0 Å². The summed E-state index contributed by atoms with van der Waals surface area (Å²) in [5.74, 6) is 1.19. The van der Waals surface area contributed by atoms with Gasteiger partial charge >= 0.3 is 5.69 Å². The van der Waals surface area contributed by atoms with Gasteiger partial charge in [-0.05, 0) is 0 Å². The highest BCUT2D eigenvalue weighted by molar-refractivity contribution is 5.69. The molecule has 0 atom stereocenters. The maximum Gasteiger partial charge on any atom is 0.467 e. The zero-order valence-corrected chi connectivity index (χ0v) is 11.0. The second kappa shape index (κ2) is 8.13. The summed E-state index contributed by atoms with van der Waals surface area (Å²) in [6.45, 7) is 0.936. The van der Waals surface area contributed by atoms with Gasteiger partial charge in [0.2, 0.25) is 16.9 Å². The van der Waals surface area contributed by atoms with Gasteiger partial charge in [-0.1, -0.05) is 0 Å². The molecule has 1 aromatic rings. The largest absolute Gasteiger partial charge is 0.491 e. The van der Waals surface area contributed by atoms with Crippen molar-refractivity contribution in [2.75, 3.05) is 40.6 Å². The monoisotopic (exact) mass is 269 g/mol. The van der Waals surface area contributed by atoms with Crippen molar-refractivity contribution in [3.8, 4) is 17.2 Å². The number of aliphatic hydroxyl groups excluding tert-OH is 1. The van der Waals surface area contributed by atoms with E-state index in [9.17, 15) is 0 Å². The van der Waals surface area contributed by atoms with Crippen molar-refractivity contribution in [3.05, 3.63) is 17.1 Å². The van der Waals surface area contributed by atoms with E-state index in [0.717, 1.165) is 0 Å². The molecule has 0 aliphatic heterocycles. The number of hydrogen-bond acceptors (Lipinski definition) is 6. The Labute approximate surface area is 111 Å². The summed E-state index contributed by atoms with van der Waals surface area (Å²) in [5.41, 5.74) is 0.203. The van der Waals surface area contributed by atoms with Crippen molar-refractivity contribution in [2.45, 2.75) is 0 Å². The first-order valence-electron chi connectivity index (χ1n) is 5.69. The van der Waals surface area contributed by atoms with E-state index in [1.807, 2.05) is 0 Å². The minimum atomic E-state index is -0.0195. The molecule has 0 aromatic heterocycles. The first-order chi connectivity index (χ1) is 9.26. The van der Waals surface area contributed by atoms with Crippen molar-refractivity contribution in [1.29, 1.82) is 5.39 Å². The molecular weight excluding hydrogens is 252 g/mol. The lowest BCUT2D eigenvalue weighted by Crippen LogP contribution is -2.09. The van der Waals surface area contributed by atoms with Gasteiger partial charge in [-0.25, -0.2) is 0 Å². The Morgan fingerprint density at radius 2 is 1.74 bits per heavy atom. The molecule has 0 aliphatic carbocycles. The maximum absolute atomic E-state index is 8.91. The molecule has 19 heavy (non-hydrogen) atoms. The predicted octanol–water partition coefficient (Wildman–Crippen LogP) is 1.58. The molecule has 0 unspecified atom stereocenters. The van der Waals surface area contributed by atoms with E-state index in [0.29, 0.717) is 30.5 Å². The summed E-state index contributed by atoms with van der Waals surface area (Å²) >= 11 is 0. The van der Waals surface area contributed by atoms with Crippen LogP contribution in [0.2, 0.25) is 0 Å². The molecule has 1 aromatic carbocycles. The minimum Gasteiger partial charge on any atom is -0.491 e. The summed E-state index contributed by atoms with van der Waals surface area (Å²) in [4.78, 5) is 3.12. The number of hydrogen-bond donors (Lipinski definition) is 1. The van der Waals surface area contributed by atoms with Crippen molar-refractivity contribution >= 4 is 5.69 Å². The van der Waals surface area contributed by atoms with Gasteiger partial charge in [0.25, 0.3) is 0 Å². The Kier molecular flexibility index (Phi) is 6.43. The van der Waals surface area contributed by atoms with E-state index in [4.69, 9.17) is 29.4 Å². The molecule has 0 aliphatic rings. The van der Waals surface area contributed by atoms with Crippen LogP contribution in [0.3, 0.4) is 0 Å². The molecule has 7 heteroatoms. The number of methoxy groups -OCH3 is 2. The standard InChI is InChI=1S/C12H17N2O5/c1-16-10-7-9(19-6-5-18-4-3-15)8-11(17-2)12(10)14-13/h7-8,15H,3-6H2,1-2H3/q+1. The van der Waals surface area contributed by atoms with Gasteiger partial charge in [0, 0.05) is 12.1 Å². The summed E-state index contributed by atoms with van der Waals surface area (Å²) in [6.07, 6.45) is 0. The van der Waals surface area contributed by atoms with Crippen molar-refractivity contribution in [1.82, 2.24) is 0 Å². The van der Waals surface area contributed by atoms with Crippen molar-refractivity contribution in [3.63, 3.8) is 0 Å². The third kappa shape index (κ3) is 4.28. The molecule has 104 valence electrons. The molecule has 0 amide bonds. The van der Waals surface area contributed by atoms with Crippen molar-refractivity contribution in [2.24, 2.45) is 0 Å². The van der Waals surface area contributed by atoms with Crippen LogP contribution in [0.4, 0.5) is 5.69 Å². The molecule has 0 saturated carbocycles. The molecular formula is C12H17N2O5+. The maximum atomic E-state index is 8.91. The number of benzene rings is 1. The topological polar surface area (TPSA) is 85.3 Å². The molecule has 0 saturated heterocycles. The van der Waals surface area contributed by atoms with Gasteiger partial charge in [-0.3, -0.25) is 0 Å². The third-order valence-electron chi connectivity index (χ3n) is 2.29. The summed E-state index contributed by atoms with van der Waals surface area (Å²) in [5, 5.41) is 17.5. The molecule has 1 rings (SSSR count). The number of rotatable bonds is 8. The van der Waals surface area contributed by atoms with Gasteiger partial charge in [0.15, 0.2) is 4.98 Å². The number of aliphatic hydroxyl groups is 1. The molecule has 0 radical (unpaired) electrons. The van der Waals surface area contributed by atoms with Crippen LogP contribution in [0.5, 0.6) is 17.2 Å². The Hall–Kier alpha value is -2.04. The number of diazo groups is 1. The van der Waals surface area contributed by atoms with E-state index in [-0.39, 0.29) is 18.9 Å². The SMILES string of the molecule is COc1cc(OCCOCCO)cc(OC)c1[N+]#N. The molecule has 0 bridgehead atoms. The van der Waals surface area contributed by atoms with E-state index in [1.54, 1.807) is 12.1 Å². The smallest absolute Gasteiger partial charge is 0.467 e. The van der Waals surface area contributed by atoms with Gasteiger partial charge in [0.1, 0.15) is 12.4 Å². The van der Waals surface area contributed by atoms with Crippen LogP contribution in [-0.4, -0.2) is 45.8 Å². The number of ether oxygens (including phenoxy) is 4. The van der Waals surface area contributed by atoms with Crippen LogP contribution < -0.4 is 14.2 Å². The fourth-order valence-electron chi connectivity index (χ4n) is 1.44. The Morgan fingerprint density at radius 1 is 1.11 bits per heavy atom. The fraction of sp³-hybridized carbons (Fsp3) is 0.500. The Bertz CT molecular complexity index is 419. The van der Waals surface area contributed by atoms with E-state index >= 15 is 0 Å². The Morgan fingerprint density at radius 3 is 2.21 bits per heavy atom. The molecule has 0 fully saturated rings. The van der Waals surface area contributed by atoms with Crippen LogP contribution in [0.1, 0.15) is 0 Å². The van der Waals surface area contributed by atoms with Crippen LogP contribution in [0, 0.1) is 5.39 Å². The second-order valence-corrected chi connectivity index (χ2v) is 3.46. The normalized spacial score (nSPS) is 9.79. The lowest BCUT2D eigenvalue weighted by atomic mass is 10.2. The van der Waals surface area contributed by atoms with Crippen LogP contribution in [0.25, 0.3) is 4.98 Å². The van der Waals surface area contributed by atoms with Gasteiger partial charge < -0.3 is 24.1 Å².